The third kappa shape index (κ3) is 2.20. The summed E-state index contributed by atoms with van der Waals surface area (Å²) in [6.07, 6.45) is 1.66. The van der Waals surface area contributed by atoms with E-state index in [1.165, 1.54) is 13.8 Å². The molecule has 3 aromatic heterocycles. The minimum atomic E-state index is -0.248. The first-order valence-corrected chi connectivity index (χ1v) is 7.11. The second-order valence-corrected chi connectivity index (χ2v) is 5.07. The first-order valence-electron chi connectivity index (χ1n) is 7.11. The van der Waals surface area contributed by atoms with Crippen molar-refractivity contribution in [2.45, 2.75) is 13.1 Å². The van der Waals surface area contributed by atoms with Crippen LogP contribution >= 0.6 is 0 Å². The van der Waals surface area contributed by atoms with Crippen LogP contribution in [0.5, 0.6) is 0 Å². The molecule has 114 valence electrons. The fraction of sp³-hybridized carbons (Fsp3) is 0.133. The fourth-order valence-electron chi connectivity index (χ4n) is 2.47. The van der Waals surface area contributed by atoms with Gasteiger partial charge in [0.05, 0.1) is 18.5 Å². The van der Waals surface area contributed by atoms with Crippen molar-refractivity contribution in [3.63, 3.8) is 0 Å². The van der Waals surface area contributed by atoms with E-state index in [0.29, 0.717) is 16.6 Å². The smallest absolute Gasteiger partial charge is 0.267 e. The fourth-order valence-corrected chi connectivity index (χ4v) is 2.47. The molecule has 3 heterocycles. The molecule has 0 aliphatic carbocycles. The number of nitrogens with zero attached hydrogens (tertiary/aromatic N) is 6. The Hall–Kier alpha value is -3.29. The second kappa shape index (κ2) is 5.16. The Labute approximate surface area is 129 Å². The second-order valence-electron chi connectivity index (χ2n) is 5.07. The molecule has 0 bridgehead atoms. The van der Waals surface area contributed by atoms with Gasteiger partial charge in [0.1, 0.15) is 5.52 Å². The van der Waals surface area contributed by atoms with E-state index in [9.17, 15) is 9.59 Å². The molecule has 23 heavy (non-hydrogen) atoms. The van der Waals surface area contributed by atoms with Crippen molar-refractivity contribution in [2.75, 3.05) is 0 Å². The predicted molar refractivity (Wildman–Crippen MR) is 83.3 cm³/mol. The Morgan fingerprint density at radius 1 is 0.913 bits per heavy atom. The summed E-state index contributed by atoms with van der Waals surface area (Å²) >= 11 is 0. The number of hydrogen-bond donors (Lipinski definition) is 0. The lowest BCUT2D eigenvalue weighted by molar-refractivity contribution is 0.461. The number of fused-ring (bicyclic) bond motifs is 2. The van der Waals surface area contributed by atoms with Crippen LogP contribution in [-0.2, 0) is 13.1 Å². The summed E-state index contributed by atoms with van der Waals surface area (Å²) in [7, 11) is 0. The number of pyridine rings is 1. The van der Waals surface area contributed by atoms with Gasteiger partial charge >= 0.3 is 5.69 Å². The third-order valence-corrected chi connectivity index (χ3v) is 3.64. The third-order valence-electron chi connectivity index (χ3n) is 3.64. The van der Waals surface area contributed by atoms with Crippen LogP contribution in [0.2, 0.25) is 0 Å². The first-order chi connectivity index (χ1) is 11.2. The molecule has 0 fully saturated rings. The minimum Gasteiger partial charge on any atom is -0.267 e. The van der Waals surface area contributed by atoms with Crippen molar-refractivity contribution in [1.29, 1.82) is 0 Å². The van der Waals surface area contributed by atoms with Gasteiger partial charge in [-0.25, -0.2) is 14.2 Å². The molecule has 8 heteroatoms. The lowest BCUT2D eigenvalue weighted by atomic mass is 10.2. The lowest BCUT2D eigenvalue weighted by Crippen LogP contribution is -2.29. The predicted octanol–water partition coefficient (Wildman–Crippen LogP) is 0.301. The molecule has 0 N–H and O–H groups in total. The zero-order valence-corrected chi connectivity index (χ0v) is 12.0. The molecular formula is C15H12N6O2. The van der Waals surface area contributed by atoms with Gasteiger partial charge < -0.3 is 0 Å². The minimum absolute atomic E-state index is 0.223. The number of benzene rings is 1. The number of hydrogen-bond acceptors (Lipinski definition) is 5. The highest BCUT2D eigenvalue weighted by Gasteiger charge is 2.08. The normalized spacial score (nSPS) is 11.3. The molecule has 0 spiro atoms. The molecular weight excluding hydrogens is 296 g/mol. The quantitative estimate of drug-likeness (QED) is 0.543. The molecule has 0 saturated carbocycles. The van der Waals surface area contributed by atoms with E-state index in [2.05, 4.69) is 15.4 Å². The maximum absolute atomic E-state index is 12.4. The Kier molecular flexibility index (Phi) is 3.00. The van der Waals surface area contributed by atoms with Crippen molar-refractivity contribution in [2.24, 2.45) is 0 Å². The van der Waals surface area contributed by atoms with Gasteiger partial charge in [0.15, 0.2) is 5.65 Å². The number of rotatable bonds is 3. The Morgan fingerprint density at radius 3 is 2.57 bits per heavy atom. The van der Waals surface area contributed by atoms with E-state index in [0.717, 1.165) is 0 Å². The molecule has 0 amide bonds. The lowest BCUT2D eigenvalue weighted by Gasteiger charge is -2.04. The molecule has 0 unspecified atom stereocenters. The molecule has 1 aromatic carbocycles. The first kappa shape index (κ1) is 13.4. The molecule has 4 rings (SSSR count). The van der Waals surface area contributed by atoms with Crippen molar-refractivity contribution in [1.82, 2.24) is 29.2 Å². The van der Waals surface area contributed by atoms with E-state index >= 15 is 0 Å². The number of aryl methyl sites for hydroxylation is 2. The summed E-state index contributed by atoms with van der Waals surface area (Å²) in [6.45, 7) is 0.466. The highest BCUT2D eigenvalue weighted by molar-refractivity contribution is 5.76. The Balaban J connectivity index is 1.68. The van der Waals surface area contributed by atoms with Crippen LogP contribution in [-0.4, -0.2) is 29.2 Å². The van der Waals surface area contributed by atoms with E-state index < -0.39 is 0 Å². The van der Waals surface area contributed by atoms with E-state index in [4.69, 9.17) is 0 Å². The van der Waals surface area contributed by atoms with Crippen LogP contribution in [0.1, 0.15) is 0 Å². The van der Waals surface area contributed by atoms with Crippen molar-refractivity contribution < 1.29 is 0 Å². The van der Waals surface area contributed by atoms with Gasteiger partial charge in [-0.1, -0.05) is 23.4 Å². The van der Waals surface area contributed by atoms with Gasteiger partial charge in [0.25, 0.3) is 5.56 Å². The molecule has 0 atom stereocenters. The average molecular weight is 308 g/mol. The van der Waals surface area contributed by atoms with E-state index in [-0.39, 0.29) is 24.3 Å². The van der Waals surface area contributed by atoms with Crippen molar-refractivity contribution in [3.8, 4) is 0 Å². The summed E-state index contributed by atoms with van der Waals surface area (Å²) < 4.78 is 4.02. The standard InChI is InChI=1S/C15H12N6O2/c22-14-11-5-1-2-6-12(11)16-18-20(14)9-10-21-15(23)19-8-4-3-7-13(19)17-21/h1-8H,9-10H2. The Bertz CT molecular complexity index is 1120. The van der Waals surface area contributed by atoms with Crippen LogP contribution in [0.3, 0.4) is 0 Å². The largest absolute Gasteiger partial charge is 0.350 e. The van der Waals surface area contributed by atoms with E-state index in [1.807, 2.05) is 6.07 Å². The van der Waals surface area contributed by atoms with Crippen LogP contribution in [0.25, 0.3) is 16.6 Å². The van der Waals surface area contributed by atoms with Gasteiger partial charge in [0, 0.05) is 6.20 Å². The molecule has 0 aliphatic heterocycles. The summed E-state index contributed by atoms with van der Waals surface area (Å²) in [6, 6.07) is 12.4. The van der Waals surface area contributed by atoms with Crippen LogP contribution in [0.15, 0.2) is 58.3 Å². The topological polar surface area (TPSA) is 87.1 Å². The molecule has 8 nitrogen and oxygen atoms in total. The number of aromatic nitrogens is 6. The van der Waals surface area contributed by atoms with Gasteiger partial charge in [-0.3, -0.25) is 9.20 Å². The maximum Gasteiger partial charge on any atom is 0.350 e. The van der Waals surface area contributed by atoms with Crippen LogP contribution in [0, 0.1) is 0 Å². The van der Waals surface area contributed by atoms with Gasteiger partial charge in [-0.15, -0.1) is 10.2 Å². The van der Waals surface area contributed by atoms with Crippen LogP contribution in [0.4, 0.5) is 0 Å². The maximum atomic E-state index is 12.4. The van der Waals surface area contributed by atoms with Gasteiger partial charge in [-0.05, 0) is 24.3 Å². The zero-order valence-electron chi connectivity index (χ0n) is 12.0. The van der Waals surface area contributed by atoms with Gasteiger partial charge in [-0.2, -0.15) is 0 Å². The monoisotopic (exact) mass is 308 g/mol. The van der Waals surface area contributed by atoms with Crippen molar-refractivity contribution in [3.05, 3.63) is 69.5 Å². The highest BCUT2D eigenvalue weighted by atomic mass is 16.2. The molecule has 0 radical (unpaired) electrons. The van der Waals surface area contributed by atoms with E-state index in [1.54, 1.807) is 42.6 Å². The summed E-state index contributed by atoms with van der Waals surface area (Å²) in [5, 5.41) is 12.7. The van der Waals surface area contributed by atoms with Crippen molar-refractivity contribution >= 4 is 16.6 Å². The average Bonchev–Trinajstić information content (AvgIpc) is 2.91. The summed E-state index contributed by atoms with van der Waals surface area (Å²) in [5.41, 5.74) is 0.642. The Morgan fingerprint density at radius 2 is 1.70 bits per heavy atom. The zero-order chi connectivity index (χ0) is 15.8. The summed E-state index contributed by atoms with van der Waals surface area (Å²) in [5.74, 6) is 0. The summed E-state index contributed by atoms with van der Waals surface area (Å²) in [4.78, 5) is 24.5. The molecule has 0 saturated heterocycles. The van der Waals surface area contributed by atoms with Crippen LogP contribution < -0.4 is 11.2 Å². The van der Waals surface area contributed by atoms with Gasteiger partial charge in [0.2, 0.25) is 0 Å². The molecule has 0 aliphatic rings. The SMILES string of the molecule is O=c1c2ccccc2nnn1CCn1nc2ccccn2c1=O. The molecule has 4 aromatic rings. The highest BCUT2D eigenvalue weighted by Crippen LogP contribution is 2.03.